The zero-order valence-electron chi connectivity index (χ0n) is 12.3. The van der Waals surface area contributed by atoms with Crippen molar-refractivity contribution in [3.8, 4) is 0 Å². The fourth-order valence-electron chi connectivity index (χ4n) is 2.35. The summed E-state index contributed by atoms with van der Waals surface area (Å²) in [5.74, 6) is 0.149. The first-order chi connectivity index (χ1) is 11.0. The number of nitrogens with zero attached hydrogens (tertiary/aromatic N) is 3. The molecule has 7 heteroatoms. The molecule has 0 radical (unpaired) electrons. The Balaban J connectivity index is 1.70. The third-order valence-electron chi connectivity index (χ3n) is 3.45. The van der Waals surface area contributed by atoms with Gasteiger partial charge in [-0.25, -0.2) is 4.39 Å². The maximum absolute atomic E-state index is 13.2. The number of fused-ring (bicyclic) bond motifs is 1. The lowest BCUT2D eigenvalue weighted by atomic mass is 10.1. The van der Waals surface area contributed by atoms with Gasteiger partial charge in [0, 0.05) is 6.20 Å². The summed E-state index contributed by atoms with van der Waals surface area (Å²) in [6, 6.07) is 9.85. The zero-order chi connectivity index (χ0) is 16.4. The Bertz CT molecular complexity index is 864. The zero-order valence-corrected chi connectivity index (χ0v) is 13.9. The standard InChI is InChI=1S/C16H14BrFN4O/c1-10(16-21-20-14-4-2-3-7-22(14)16)19-15(23)9-11-5-6-13(18)12(17)8-11/h2-8,10H,9H2,1H3,(H,19,23). The second-order valence-electron chi connectivity index (χ2n) is 5.20. The van der Waals surface area contributed by atoms with E-state index in [0.717, 1.165) is 11.2 Å². The van der Waals surface area contributed by atoms with Gasteiger partial charge in [-0.2, -0.15) is 0 Å². The highest BCUT2D eigenvalue weighted by atomic mass is 79.9. The van der Waals surface area contributed by atoms with Crippen LogP contribution in [0, 0.1) is 5.82 Å². The Morgan fingerprint density at radius 3 is 2.96 bits per heavy atom. The van der Waals surface area contributed by atoms with Gasteiger partial charge in [-0.05, 0) is 52.7 Å². The van der Waals surface area contributed by atoms with Gasteiger partial charge < -0.3 is 5.32 Å². The van der Waals surface area contributed by atoms with Crippen LogP contribution in [-0.4, -0.2) is 20.5 Å². The predicted octanol–water partition coefficient (Wildman–Crippen LogP) is 3.05. The maximum atomic E-state index is 13.2. The van der Waals surface area contributed by atoms with Crippen molar-refractivity contribution in [1.82, 2.24) is 19.9 Å². The summed E-state index contributed by atoms with van der Waals surface area (Å²) in [6.45, 7) is 1.85. The van der Waals surface area contributed by atoms with Gasteiger partial charge in [0.05, 0.1) is 16.9 Å². The van der Waals surface area contributed by atoms with Gasteiger partial charge in [-0.3, -0.25) is 9.20 Å². The second kappa shape index (κ2) is 6.45. The smallest absolute Gasteiger partial charge is 0.224 e. The van der Waals surface area contributed by atoms with E-state index in [2.05, 4.69) is 31.4 Å². The van der Waals surface area contributed by atoms with Crippen LogP contribution in [-0.2, 0) is 11.2 Å². The summed E-state index contributed by atoms with van der Waals surface area (Å²) >= 11 is 3.12. The van der Waals surface area contributed by atoms with Gasteiger partial charge in [0.2, 0.25) is 5.91 Å². The summed E-state index contributed by atoms with van der Waals surface area (Å²) in [7, 11) is 0. The van der Waals surface area contributed by atoms with Gasteiger partial charge >= 0.3 is 0 Å². The number of carbonyl (C=O) groups excluding carboxylic acids is 1. The Hall–Kier alpha value is -2.28. The van der Waals surface area contributed by atoms with Crippen LogP contribution >= 0.6 is 15.9 Å². The molecule has 1 amide bonds. The molecule has 1 aromatic carbocycles. The van der Waals surface area contributed by atoms with Crippen molar-refractivity contribution in [3.05, 3.63) is 64.3 Å². The van der Waals surface area contributed by atoms with Crippen LogP contribution in [0.4, 0.5) is 4.39 Å². The third-order valence-corrected chi connectivity index (χ3v) is 4.06. The van der Waals surface area contributed by atoms with Gasteiger partial charge in [0.15, 0.2) is 11.5 Å². The molecule has 0 spiro atoms. The molecule has 1 atom stereocenters. The molecule has 0 saturated carbocycles. The van der Waals surface area contributed by atoms with E-state index < -0.39 is 0 Å². The number of carbonyl (C=O) groups is 1. The largest absolute Gasteiger partial charge is 0.346 e. The van der Waals surface area contributed by atoms with Gasteiger partial charge in [0.1, 0.15) is 5.82 Å². The quantitative estimate of drug-likeness (QED) is 0.761. The van der Waals surface area contributed by atoms with E-state index in [4.69, 9.17) is 0 Å². The molecule has 0 bridgehead atoms. The topological polar surface area (TPSA) is 59.3 Å². The molecule has 2 heterocycles. The van der Waals surface area contributed by atoms with E-state index in [1.165, 1.54) is 6.07 Å². The Morgan fingerprint density at radius 1 is 1.35 bits per heavy atom. The van der Waals surface area contributed by atoms with Crippen LogP contribution in [0.25, 0.3) is 5.65 Å². The predicted molar refractivity (Wildman–Crippen MR) is 87.3 cm³/mol. The SMILES string of the molecule is CC(NC(=O)Cc1ccc(F)c(Br)c1)c1nnc2ccccn12. The number of amides is 1. The monoisotopic (exact) mass is 376 g/mol. The van der Waals surface area contributed by atoms with Crippen molar-refractivity contribution in [2.75, 3.05) is 0 Å². The van der Waals surface area contributed by atoms with E-state index in [1.54, 1.807) is 12.1 Å². The van der Waals surface area contributed by atoms with Crippen LogP contribution in [0.2, 0.25) is 0 Å². The van der Waals surface area contributed by atoms with Gasteiger partial charge in [0.25, 0.3) is 0 Å². The van der Waals surface area contributed by atoms with Crippen molar-refractivity contribution in [2.45, 2.75) is 19.4 Å². The molecular formula is C16H14BrFN4O. The molecule has 1 N–H and O–H groups in total. The summed E-state index contributed by atoms with van der Waals surface area (Å²) in [6.07, 6.45) is 2.02. The number of halogens is 2. The van der Waals surface area contributed by atoms with Gasteiger partial charge in [-0.15, -0.1) is 10.2 Å². The fourth-order valence-corrected chi connectivity index (χ4v) is 2.77. The molecule has 0 fully saturated rings. The van der Waals surface area contributed by atoms with Crippen LogP contribution < -0.4 is 5.32 Å². The molecule has 5 nitrogen and oxygen atoms in total. The minimum absolute atomic E-state index is 0.163. The van der Waals surface area contributed by atoms with Crippen molar-refractivity contribution < 1.29 is 9.18 Å². The molecule has 23 heavy (non-hydrogen) atoms. The van der Waals surface area contributed by atoms with Gasteiger partial charge in [-0.1, -0.05) is 12.1 Å². The van der Waals surface area contributed by atoms with E-state index in [-0.39, 0.29) is 24.2 Å². The summed E-state index contributed by atoms with van der Waals surface area (Å²) in [4.78, 5) is 12.2. The van der Waals surface area contributed by atoms with Crippen molar-refractivity contribution in [1.29, 1.82) is 0 Å². The molecule has 0 aliphatic carbocycles. The first kappa shape index (κ1) is 15.6. The number of aromatic nitrogens is 3. The Labute approximate surface area is 140 Å². The minimum atomic E-state index is -0.350. The van der Waals surface area contributed by atoms with Crippen LogP contribution in [0.3, 0.4) is 0 Å². The molecule has 3 rings (SSSR count). The molecule has 0 aliphatic rings. The van der Waals surface area contributed by atoms with Crippen molar-refractivity contribution in [2.24, 2.45) is 0 Å². The van der Waals surface area contributed by atoms with Crippen LogP contribution in [0.1, 0.15) is 24.4 Å². The molecule has 3 aromatic rings. The molecule has 0 aliphatic heterocycles. The normalized spacial score (nSPS) is 12.3. The molecule has 0 saturated heterocycles. The number of benzene rings is 1. The van der Waals surface area contributed by atoms with Crippen molar-refractivity contribution >= 4 is 27.5 Å². The van der Waals surface area contributed by atoms with E-state index >= 15 is 0 Å². The third kappa shape index (κ3) is 3.39. The highest BCUT2D eigenvalue weighted by molar-refractivity contribution is 9.10. The number of nitrogens with one attached hydrogen (secondary N) is 1. The number of hydrogen-bond acceptors (Lipinski definition) is 3. The lowest BCUT2D eigenvalue weighted by Crippen LogP contribution is -2.29. The van der Waals surface area contributed by atoms with Crippen molar-refractivity contribution in [3.63, 3.8) is 0 Å². The van der Waals surface area contributed by atoms with Crippen LogP contribution in [0.5, 0.6) is 0 Å². The lowest BCUT2D eigenvalue weighted by Gasteiger charge is -2.12. The van der Waals surface area contributed by atoms with E-state index in [1.807, 2.05) is 35.7 Å². The second-order valence-corrected chi connectivity index (χ2v) is 6.06. The Morgan fingerprint density at radius 2 is 2.17 bits per heavy atom. The summed E-state index contributed by atoms with van der Waals surface area (Å²) in [5, 5.41) is 11.1. The summed E-state index contributed by atoms with van der Waals surface area (Å²) < 4.78 is 15.4. The lowest BCUT2D eigenvalue weighted by molar-refractivity contribution is -0.121. The first-order valence-electron chi connectivity index (χ1n) is 7.07. The highest BCUT2D eigenvalue weighted by Gasteiger charge is 2.16. The Kier molecular flexibility index (Phi) is 4.38. The number of hydrogen-bond donors (Lipinski definition) is 1. The summed E-state index contributed by atoms with van der Waals surface area (Å²) in [5.41, 5.74) is 1.46. The van der Waals surface area contributed by atoms with E-state index in [9.17, 15) is 9.18 Å². The van der Waals surface area contributed by atoms with E-state index in [0.29, 0.717) is 10.3 Å². The maximum Gasteiger partial charge on any atom is 0.224 e. The molecule has 1 unspecified atom stereocenters. The highest BCUT2D eigenvalue weighted by Crippen LogP contribution is 2.17. The fraction of sp³-hybridized carbons (Fsp3) is 0.188. The molecule has 118 valence electrons. The minimum Gasteiger partial charge on any atom is -0.346 e. The number of pyridine rings is 1. The average molecular weight is 377 g/mol. The molecular weight excluding hydrogens is 363 g/mol. The number of rotatable bonds is 4. The van der Waals surface area contributed by atoms with Crippen LogP contribution in [0.15, 0.2) is 47.1 Å². The molecule has 2 aromatic heterocycles. The first-order valence-corrected chi connectivity index (χ1v) is 7.87. The average Bonchev–Trinajstić information content (AvgIpc) is 2.95.